The summed E-state index contributed by atoms with van der Waals surface area (Å²) in [6.07, 6.45) is 4.61. The summed E-state index contributed by atoms with van der Waals surface area (Å²) in [5.74, 6) is 0.0523. The van der Waals surface area contributed by atoms with E-state index >= 15 is 0 Å². The van der Waals surface area contributed by atoms with Crippen molar-refractivity contribution in [1.82, 2.24) is 20.0 Å². The molecule has 0 radical (unpaired) electrons. The van der Waals surface area contributed by atoms with Gasteiger partial charge in [-0.05, 0) is 18.9 Å². The molecule has 26 heavy (non-hydrogen) atoms. The maximum absolute atomic E-state index is 12.8. The van der Waals surface area contributed by atoms with Crippen LogP contribution in [0, 0.1) is 5.92 Å². The van der Waals surface area contributed by atoms with Gasteiger partial charge in [0.25, 0.3) is 6.47 Å². The number of rotatable bonds is 6. The number of hydrogen-bond acceptors (Lipinski definition) is 5. The fourth-order valence-corrected chi connectivity index (χ4v) is 2.98. The Kier molecular flexibility index (Phi) is 8.77. The first-order chi connectivity index (χ1) is 12.4. The summed E-state index contributed by atoms with van der Waals surface area (Å²) in [5, 5.41) is 14.1. The summed E-state index contributed by atoms with van der Waals surface area (Å²) in [6.45, 7) is 5.61. The first kappa shape index (κ1) is 21.6. The molecule has 9 nitrogen and oxygen atoms in total. The van der Waals surface area contributed by atoms with Gasteiger partial charge in [-0.2, -0.15) is 5.10 Å². The second-order valence-electron chi connectivity index (χ2n) is 6.32. The molecule has 0 saturated carbocycles. The first-order valence-corrected chi connectivity index (χ1v) is 8.57. The SMILES string of the molecule is COCCNC(=O)C1(n2cccn2)CCN(C(=O)C(C)C)CC1.O=CO. The Balaban J connectivity index is 0.00000105. The molecule has 1 aromatic rings. The van der Waals surface area contributed by atoms with Crippen LogP contribution in [0.5, 0.6) is 0 Å². The van der Waals surface area contributed by atoms with Gasteiger partial charge in [-0.1, -0.05) is 13.8 Å². The Morgan fingerprint density at radius 1 is 1.38 bits per heavy atom. The van der Waals surface area contributed by atoms with Crippen molar-refractivity contribution < 1.29 is 24.2 Å². The van der Waals surface area contributed by atoms with Crippen LogP contribution in [0.4, 0.5) is 0 Å². The number of aromatic nitrogens is 2. The zero-order valence-corrected chi connectivity index (χ0v) is 15.6. The lowest BCUT2D eigenvalue weighted by Crippen LogP contribution is -2.56. The summed E-state index contributed by atoms with van der Waals surface area (Å²) >= 11 is 0. The van der Waals surface area contributed by atoms with Crippen LogP contribution in [0.25, 0.3) is 0 Å². The van der Waals surface area contributed by atoms with E-state index in [1.807, 2.05) is 31.0 Å². The molecule has 1 aromatic heterocycles. The highest BCUT2D eigenvalue weighted by Gasteiger charge is 2.44. The third-order valence-electron chi connectivity index (χ3n) is 4.35. The monoisotopic (exact) mass is 368 g/mol. The van der Waals surface area contributed by atoms with Crippen LogP contribution in [0.1, 0.15) is 26.7 Å². The molecule has 0 atom stereocenters. The molecule has 1 fully saturated rings. The second kappa shape index (κ2) is 10.5. The Labute approximate surface area is 153 Å². The van der Waals surface area contributed by atoms with E-state index in [-0.39, 0.29) is 24.2 Å². The Morgan fingerprint density at radius 3 is 2.46 bits per heavy atom. The number of hydrogen-bond donors (Lipinski definition) is 2. The summed E-state index contributed by atoms with van der Waals surface area (Å²) in [6, 6.07) is 1.82. The van der Waals surface area contributed by atoms with Gasteiger partial charge in [0.2, 0.25) is 11.8 Å². The number of carboxylic acid groups (broad SMARTS) is 1. The maximum Gasteiger partial charge on any atom is 0.290 e. The molecule has 146 valence electrons. The number of nitrogens with zero attached hydrogens (tertiary/aromatic N) is 3. The number of nitrogens with one attached hydrogen (secondary N) is 1. The quantitative estimate of drug-likeness (QED) is 0.552. The molecule has 0 unspecified atom stereocenters. The largest absolute Gasteiger partial charge is 0.483 e. The lowest BCUT2D eigenvalue weighted by molar-refractivity contribution is -0.142. The molecular formula is C17H28N4O5. The molecule has 1 aliphatic heterocycles. The van der Waals surface area contributed by atoms with Crippen LogP contribution < -0.4 is 5.32 Å². The fourth-order valence-electron chi connectivity index (χ4n) is 2.98. The Morgan fingerprint density at radius 2 is 2.00 bits per heavy atom. The smallest absolute Gasteiger partial charge is 0.290 e. The van der Waals surface area contributed by atoms with Gasteiger partial charge in [-0.3, -0.25) is 19.1 Å². The summed E-state index contributed by atoms with van der Waals surface area (Å²) in [5.41, 5.74) is -0.731. The van der Waals surface area contributed by atoms with E-state index in [1.165, 1.54) is 0 Å². The van der Waals surface area contributed by atoms with Crippen LogP contribution in [0.2, 0.25) is 0 Å². The molecular weight excluding hydrogens is 340 g/mol. The third kappa shape index (κ3) is 5.29. The summed E-state index contributed by atoms with van der Waals surface area (Å²) in [7, 11) is 1.60. The van der Waals surface area contributed by atoms with E-state index < -0.39 is 5.54 Å². The fraction of sp³-hybridized carbons (Fsp3) is 0.647. The van der Waals surface area contributed by atoms with Crippen molar-refractivity contribution in [3.8, 4) is 0 Å². The number of likely N-dealkylation sites (tertiary alicyclic amines) is 1. The minimum Gasteiger partial charge on any atom is -0.483 e. The highest BCUT2D eigenvalue weighted by molar-refractivity contribution is 5.85. The highest BCUT2D eigenvalue weighted by Crippen LogP contribution is 2.30. The highest BCUT2D eigenvalue weighted by atomic mass is 16.5. The molecule has 9 heteroatoms. The van der Waals surface area contributed by atoms with Crippen LogP contribution in [0.15, 0.2) is 18.5 Å². The number of carbonyl (C=O) groups excluding carboxylic acids is 2. The summed E-state index contributed by atoms with van der Waals surface area (Å²) in [4.78, 5) is 35.1. The Hall–Kier alpha value is -2.42. The van der Waals surface area contributed by atoms with Gasteiger partial charge in [0.15, 0.2) is 0 Å². The maximum atomic E-state index is 12.8. The van der Waals surface area contributed by atoms with Crippen molar-refractivity contribution in [3.05, 3.63) is 18.5 Å². The minimum atomic E-state index is -0.731. The van der Waals surface area contributed by atoms with Crippen molar-refractivity contribution in [2.45, 2.75) is 32.2 Å². The zero-order valence-electron chi connectivity index (χ0n) is 15.6. The van der Waals surface area contributed by atoms with E-state index in [2.05, 4.69) is 10.4 Å². The molecule has 1 saturated heterocycles. The van der Waals surface area contributed by atoms with Gasteiger partial charge in [-0.15, -0.1) is 0 Å². The van der Waals surface area contributed by atoms with Gasteiger partial charge in [0.05, 0.1) is 6.61 Å². The summed E-state index contributed by atoms with van der Waals surface area (Å²) < 4.78 is 6.72. The van der Waals surface area contributed by atoms with Gasteiger partial charge in [0, 0.05) is 45.1 Å². The molecule has 1 aliphatic rings. The van der Waals surface area contributed by atoms with Crippen LogP contribution in [0.3, 0.4) is 0 Å². The van der Waals surface area contributed by atoms with E-state index in [4.69, 9.17) is 14.6 Å². The lowest BCUT2D eigenvalue weighted by Gasteiger charge is -2.41. The molecule has 0 bridgehead atoms. The number of carbonyl (C=O) groups is 3. The number of ether oxygens (including phenoxy) is 1. The Bertz CT molecular complexity index is 566. The predicted octanol–water partition coefficient (Wildman–Crippen LogP) is 0.320. The van der Waals surface area contributed by atoms with Crippen molar-refractivity contribution in [3.63, 3.8) is 0 Å². The van der Waals surface area contributed by atoms with E-state index in [0.717, 1.165) is 0 Å². The molecule has 2 heterocycles. The molecule has 0 spiro atoms. The lowest BCUT2D eigenvalue weighted by atomic mass is 9.86. The van der Waals surface area contributed by atoms with Gasteiger partial charge in [-0.25, -0.2) is 0 Å². The average molecular weight is 368 g/mol. The predicted molar refractivity (Wildman–Crippen MR) is 94.4 cm³/mol. The van der Waals surface area contributed by atoms with Gasteiger partial charge < -0.3 is 20.1 Å². The second-order valence-corrected chi connectivity index (χ2v) is 6.32. The van der Waals surface area contributed by atoms with Crippen molar-refractivity contribution in [2.24, 2.45) is 5.92 Å². The van der Waals surface area contributed by atoms with Crippen LogP contribution in [-0.4, -0.2) is 71.4 Å². The molecule has 0 aromatic carbocycles. The van der Waals surface area contributed by atoms with Crippen molar-refractivity contribution in [2.75, 3.05) is 33.4 Å². The number of piperidine rings is 1. The number of methoxy groups -OCH3 is 1. The topological polar surface area (TPSA) is 114 Å². The molecule has 2 rings (SSSR count). The first-order valence-electron chi connectivity index (χ1n) is 8.57. The zero-order chi connectivity index (χ0) is 19.6. The molecule has 0 aliphatic carbocycles. The van der Waals surface area contributed by atoms with E-state index in [1.54, 1.807) is 18.0 Å². The van der Waals surface area contributed by atoms with Crippen molar-refractivity contribution in [1.29, 1.82) is 0 Å². The molecule has 2 N–H and O–H groups in total. The average Bonchev–Trinajstić information content (AvgIpc) is 3.17. The van der Waals surface area contributed by atoms with Gasteiger partial charge >= 0.3 is 0 Å². The van der Waals surface area contributed by atoms with Crippen LogP contribution >= 0.6 is 0 Å². The standard InChI is InChI=1S/C16H26N4O3.CH2O2/c1-13(2)14(21)19-10-5-16(6-11-19,20-9-4-7-18-20)15(22)17-8-12-23-3;2-1-3/h4,7,9,13H,5-6,8,10-12H2,1-3H3,(H,17,22);1H,(H,2,3). The minimum absolute atomic E-state index is 0.0252. The normalized spacial score (nSPS) is 15.8. The third-order valence-corrected chi connectivity index (χ3v) is 4.35. The molecule has 2 amide bonds. The number of amides is 2. The van der Waals surface area contributed by atoms with Gasteiger partial charge in [0.1, 0.15) is 5.54 Å². The van der Waals surface area contributed by atoms with E-state index in [0.29, 0.717) is 39.1 Å². The van der Waals surface area contributed by atoms with E-state index in [9.17, 15) is 9.59 Å². The van der Waals surface area contributed by atoms with Crippen LogP contribution in [-0.2, 0) is 24.7 Å². The van der Waals surface area contributed by atoms with Crippen molar-refractivity contribution >= 4 is 18.3 Å².